The van der Waals surface area contributed by atoms with Gasteiger partial charge in [0.25, 0.3) is 0 Å². The second-order valence-corrected chi connectivity index (χ2v) is 5.31. The van der Waals surface area contributed by atoms with Crippen molar-refractivity contribution in [2.45, 2.75) is 27.2 Å². The molecule has 1 fully saturated rings. The van der Waals surface area contributed by atoms with E-state index in [0.29, 0.717) is 13.0 Å². The fraction of sp³-hybridized carbons (Fsp3) is 0.500. The van der Waals surface area contributed by atoms with Crippen LogP contribution in [0.5, 0.6) is 0 Å². The van der Waals surface area contributed by atoms with Crippen LogP contribution in [0.1, 0.15) is 25.8 Å². The maximum absolute atomic E-state index is 12.2. The van der Waals surface area contributed by atoms with Gasteiger partial charge in [-0.15, -0.1) is 0 Å². The molecule has 114 valence electrons. The molecule has 2 rings (SSSR count). The fourth-order valence-electron chi connectivity index (χ4n) is 2.88. The van der Waals surface area contributed by atoms with Gasteiger partial charge in [0.2, 0.25) is 5.91 Å². The molecule has 1 unspecified atom stereocenters. The van der Waals surface area contributed by atoms with Gasteiger partial charge in [-0.2, -0.15) is 0 Å². The number of carboxylic acid groups (broad SMARTS) is 1. The zero-order chi connectivity index (χ0) is 15.6. The zero-order valence-corrected chi connectivity index (χ0v) is 12.8. The van der Waals surface area contributed by atoms with E-state index in [4.69, 9.17) is 5.11 Å². The number of hydrogen-bond acceptors (Lipinski definition) is 3. The number of carboxylic acids is 1. The van der Waals surface area contributed by atoms with Gasteiger partial charge in [-0.1, -0.05) is 0 Å². The average Bonchev–Trinajstić information content (AvgIpc) is 2.82. The summed E-state index contributed by atoms with van der Waals surface area (Å²) >= 11 is 0. The summed E-state index contributed by atoms with van der Waals surface area (Å²) < 4.78 is 0. The standard InChI is InChI=1S/C16H22N2O3/c1-4-17(5-2)12-6-7-14(11(3)10-12)18-9-8-13(15(18)19)16(20)21/h6-7,10,13H,4-5,8-9H2,1-3H3,(H,20,21). The lowest BCUT2D eigenvalue weighted by molar-refractivity contribution is -0.144. The molecule has 0 radical (unpaired) electrons. The van der Waals surface area contributed by atoms with Crippen LogP contribution in [0.4, 0.5) is 11.4 Å². The predicted octanol–water partition coefficient (Wildman–Crippen LogP) is 2.28. The van der Waals surface area contributed by atoms with Crippen molar-refractivity contribution in [3.63, 3.8) is 0 Å². The fourth-order valence-corrected chi connectivity index (χ4v) is 2.88. The Balaban J connectivity index is 2.26. The quantitative estimate of drug-likeness (QED) is 0.845. The highest BCUT2D eigenvalue weighted by Gasteiger charge is 2.38. The van der Waals surface area contributed by atoms with Crippen molar-refractivity contribution < 1.29 is 14.7 Å². The van der Waals surface area contributed by atoms with Gasteiger partial charge < -0.3 is 14.9 Å². The molecule has 1 aromatic rings. The molecule has 0 aliphatic carbocycles. The number of aryl methyl sites for hydroxylation is 1. The van der Waals surface area contributed by atoms with Crippen LogP contribution < -0.4 is 9.80 Å². The number of benzene rings is 1. The van der Waals surface area contributed by atoms with Crippen LogP contribution in [0, 0.1) is 12.8 Å². The molecule has 0 spiro atoms. The Kier molecular flexibility index (Phi) is 4.50. The van der Waals surface area contributed by atoms with Gasteiger partial charge in [0, 0.05) is 31.0 Å². The molecular formula is C16H22N2O3. The Labute approximate surface area is 125 Å². The molecule has 1 aromatic carbocycles. The van der Waals surface area contributed by atoms with E-state index in [1.165, 1.54) is 0 Å². The van der Waals surface area contributed by atoms with Crippen molar-refractivity contribution in [3.8, 4) is 0 Å². The first-order chi connectivity index (χ1) is 9.99. The number of rotatable bonds is 5. The van der Waals surface area contributed by atoms with E-state index in [1.54, 1.807) is 4.90 Å². The summed E-state index contributed by atoms with van der Waals surface area (Å²) in [6.07, 6.45) is 0.380. The molecule has 0 bridgehead atoms. The highest BCUT2D eigenvalue weighted by atomic mass is 16.4. The predicted molar refractivity (Wildman–Crippen MR) is 82.8 cm³/mol. The summed E-state index contributed by atoms with van der Waals surface area (Å²) in [7, 11) is 0. The minimum absolute atomic E-state index is 0.304. The van der Waals surface area contributed by atoms with Crippen molar-refractivity contribution >= 4 is 23.3 Å². The highest BCUT2D eigenvalue weighted by Crippen LogP contribution is 2.30. The summed E-state index contributed by atoms with van der Waals surface area (Å²) in [5, 5.41) is 9.04. The first-order valence-electron chi connectivity index (χ1n) is 7.39. The van der Waals surface area contributed by atoms with Crippen molar-refractivity contribution in [1.82, 2.24) is 0 Å². The normalized spacial score (nSPS) is 18.1. The summed E-state index contributed by atoms with van der Waals surface area (Å²) in [6.45, 7) is 8.51. The molecule has 1 atom stereocenters. The minimum Gasteiger partial charge on any atom is -0.481 e. The number of hydrogen-bond donors (Lipinski definition) is 1. The lowest BCUT2D eigenvalue weighted by Crippen LogP contribution is -2.30. The van der Waals surface area contributed by atoms with Crippen molar-refractivity contribution in [2.24, 2.45) is 5.92 Å². The Morgan fingerprint density at radius 3 is 2.52 bits per heavy atom. The van der Waals surface area contributed by atoms with Gasteiger partial charge >= 0.3 is 5.97 Å². The molecule has 0 aromatic heterocycles. The van der Waals surface area contributed by atoms with E-state index < -0.39 is 11.9 Å². The average molecular weight is 290 g/mol. The van der Waals surface area contributed by atoms with Gasteiger partial charge in [-0.25, -0.2) is 0 Å². The number of amides is 1. The third-order valence-corrected chi connectivity index (χ3v) is 4.10. The van der Waals surface area contributed by atoms with E-state index in [1.807, 2.05) is 19.1 Å². The third kappa shape index (κ3) is 2.86. The maximum atomic E-state index is 12.2. The van der Waals surface area contributed by atoms with Crippen LogP contribution in [0.2, 0.25) is 0 Å². The van der Waals surface area contributed by atoms with Gasteiger partial charge in [0.15, 0.2) is 0 Å². The van der Waals surface area contributed by atoms with Crippen LogP contribution in [0.15, 0.2) is 18.2 Å². The number of aliphatic carboxylic acids is 1. The third-order valence-electron chi connectivity index (χ3n) is 4.10. The number of carbonyl (C=O) groups is 2. The largest absolute Gasteiger partial charge is 0.481 e. The molecule has 1 aliphatic rings. The van der Waals surface area contributed by atoms with Crippen LogP contribution in [0.25, 0.3) is 0 Å². The molecule has 1 amide bonds. The zero-order valence-electron chi connectivity index (χ0n) is 12.8. The molecule has 1 saturated heterocycles. The Morgan fingerprint density at radius 1 is 1.38 bits per heavy atom. The molecule has 0 saturated carbocycles. The summed E-state index contributed by atoms with van der Waals surface area (Å²) in [6, 6.07) is 5.98. The Bertz CT molecular complexity index is 552. The molecule has 5 nitrogen and oxygen atoms in total. The first-order valence-corrected chi connectivity index (χ1v) is 7.39. The second-order valence-electron chi connectivity index (χ2n) is 5.31. The lowest BCUT2D eigenvalue weighted by atomic mass is 10.1. The Hall–Kier alpha value is -2.04. The molecule has 5 heteroatoms. The lowest BCUT2D eigenvalue weighted by Gasteiger charge is -2.24. The number of carbonyl (C=O) groups excluding carboxylic acids is 1. The summed E-state index contributed by atoms with van der Waals surface area (Å²) in [4.78, 5) is 27.0. The van der Waals surface area contributed by atoms with Crippen molar-refractivity contribution in [3.05, 3.63) is 23.8 Å². The summed E-state index contributed by atoms with van der Waals surface area (Å²) in [5.41, 5.74) is 2.95. The summed E-state index contributed by atoms with van der Waals surface area (Å²) in [5.74, 6) is -2.23. The van der Waals surface area contributed by atoms with Gasteiger partial charge in [0.1, 0.15) is 5.92 Å². The van der Waals surface area contributed by atoms with E-state index in [-0.39, 0.29) is 5.91 Å². The molecule has 21 heavy (non-hydrogen) atoms. The molecule has 1 heterocycles. The number of nitrogens with zero attached hydrogens (tertiary/aromatic N) is 2. The van der Waals surface area contributed by atoms with Crippen LogP contribution >= 0.6 is 0 Å². The van der Waals surface area contributed by atoms with E-state index in [9.17, 15) is 9.59 Å². The monoisotopic (exact) mass is 290 g/mol. The second kappa shape index (κ2) is 6.16. The first kappa shape index (κ1) is 15.4. The van der Waals surface area contributed by atoms with Gasteiger partial charge in [0.05, 0.1) is 0 Å². The SMILES string of the molecule is CCN(CC)c1ccc(N2CCC(C(=O)O)C2=O)c(C)c1. The van der Waals surface area contributed by atoms with E-state index in [0.717, 1.165) is 30.0 Å². The minimum atomic E-state index is -1.03. The van der Waals surface area contributed by atoms with E-state index >= 15 is 0 Å². The van der Waals surface area contributed by atoms with E-state index in [2.05, 4.69) is 24.8 Å². The van der Waals surface area contributed by atoms with Gasteiger partial charge in [-0.05, 0) is 51.0 Å². The smallest absolute Gasteiger partial charge is 0.316 e. The van der Waals surface area contributed by atoms with Crippen molar-refractivity contribution in [1.29, 1.82) is 0 Å². The highest BCUT2D eigenvalue weighted by molar-refractivity contribution is 6.08. The van der Waals surface area contributed by atoms with Crippen LogP contribution in [0.3, 0.4) is 0 Å². The molecular weight excluding hydrogens is 268 g/mol. The van der Waals surface area contributed by atoms with Crippen molar-refractivity contribution in [2.75, 3.05) is 29.4 Å². The topological polar surface area (TPSA) is 60.9 Å². The molecule has 1 N–H and O–H groups in total. The van der Waals surface area contributed by atoms with Crippen LogP contribution in [-0.4, -0.2) is 36.6 Å². The van der Waals surface area contributed by atoms with Gasteiger partial charge in [-0.3, -0.25) is 9.59 Å². The Morgan fingerprint density at radius 2 is 2.05 bits per heavy atom. The maximum Gasteiger partial charge on any atom is 0.316 e. The molecule has 1 aliphatic heterocycles. The number of anilines is 2. The van der Waals surface area contributed by atoms with Crippen LogP contribution in [-0.2, 0) is 9.59 Å².